The number of aryl methyl sites for hydroxylation is 1. The van der Waals surface area contributed by atoms with Crippen molar-refractivity contribution < 1.29 is 13.9 Å². The Labute approximate surface area is 156 Å². The second-order valence-electron chi connectivity index (χ2n) is 6.84. The van der Waals surface area contributed by atoms with E-state index in [1.54, 1.807) is 6.07 Å². The third-order valence-corrected chi connectivity index (χ3v) is 4.92. The number of aromatic nitrogens is 2. The van der Waals surface area contributed by atoms with Crippen LogP contribution < -0.4 is 10.6 Å². The standard InChI is InChI=1S/C20H21FN4O2/c1-24-19(25-9-3-6-16(12-25)27-20(22)26)17-8-7-14(11-18(17)23-24)13-4-2-5-15(21)10-13/h2,4-5,7-8,10-11,16H,3,6,9,12H2,1H3,(H2,22,26). The molecule has 27 heavy (non-hydrogen) atoms. The minimum atomic E-state index is -0.739. The van der Waals surface area contributed by atoms with E-state index in [2.05, 4.69) is 10.00 Å². The fraction of sp³-hybridized carbons (Fsp3) is 0.300. The molecule has 2 N–H and O–H groups in total. The van der Waals surface area contributed by atoms with E-state index in [0.717, 1.165) is 47.2 Å². The maximum Gasteiger partial charge on any atom is 0.404 e. The van der Waals surface area contributed by atoms with E-state index in [1.807, 2.05) is 36.0 Å². The van der Waals surface area contributed by atoms with Crippen LogP contribution in [-0.2, 0) is 11.8 Å². The molecule has 0 spiro atoms. The van der Waals surface area contributed by atoms with Gasteiger partial charge in [-0.05, 0) is 48.2 Å². The molecule has 2 aromatic carbocycles. The van der Waals surface area contributed by atoms with Crippen LogP contribution in [0.3, 0.4) is 0 Å². The van der Waals surface area contributed by atoms with Gasteiger partial charge in [0, 0.05) is 19.0 Å². The molecular formula is C20H21FN4O2. The smallest absolute Gasteiger partial charge is 0.404 e. The molecule has 3 aromatic rings. The SMILES string of the molecule is Cn1nc2cc(-c3cccc(F)c3)ccc2c1N1CCCC(OC(N)=O)C1. The van der Waals surface area contributed by atoms with Gasteiger partial charge in [0.2, 0.25) is 0 Å². The molecule has 1 aromatic heterocycles. The van der Waals surface area contributed by atoms with Crippen LogP contribution in [0.4, 0.5) is 15.0 Å². The number of hydrogen-bond acceptors (Lipinski definition) is 4. The van der Waals surface area contributed by atoms with Crippen molar-refractivity contribution in [2.75, 3.05) is 18.0 Å². The van der Waals surface area contributed by atoms with Crippen LogP contribution in [0.1, 0.15) is 12.8 Å². The van der Waals surface area contributed by atoms with Gasteiger partial charge in [0.1, 0.15) is 17.7 Å². The van der Waals surface area contributed by atoms with Gasteiger partial charge < -0.3 is 15.4 Å². The lowest BCUT2D eigenvalue weighted by Gasteiger charge is -2.33. The lowest BCUT2D eigenvalue weighted by Crippen LogP contribution is -2.42. The minimum Gasteiger partial charge on any atom is -0.445 e. The summed E-state index contributed by atoms with van der Waals surface area (Å²) in [6.07, 6.45) is 0.759. The fourth-order valence-electron chi connectivity index (χ4n) is 3.80. The Morgan fingerprint density at radius 1 is 1.26 bits per heavy atom. The highest BCUT2D eigenvalue weighted by Crippen LogP contribution is 2.32. The van der Waals surface area contributed by atoms with Crippen LogP contribution in [0.25, 0.3) is 22.0 Å². The van der Waals surface area contributed by atoms with Gasteiger partial charge >= 0.3 is 6.09 Å². The van der Waals surface area contributed by atoms with Crippen LogP contribution >= 0.6 is 0 Å². The van der Waals surface area contributed by atoms with Crippen molar-refractivity contribution >= 4 is 22.8 Å². The number of carbonyl (C=O) groups excluding carboxylic acids is 1. The van der Waals surface area contributed by atoms with Crippen molar-refractivity contribution in [3.63, 3.8) is 0 Å². The summed E-state index contributed by atoms with van der Waals surface area (Å²) in [5, 5.41) is 5.64. The normalized spacial score (nSPS) is 17.3. The van der Waals surface area contributed by atoms with Crippen molar-refractivity contribution in [3.8, 4) is 11.1 Å². The Morgan fingerprint density at radius 2 is 2.07 bits per heavy atom. The minimum absolute atomic E-state index is 0.215. The van der Waals surface area contributed by atoms with Crippen LogP contribution in [0.5, 0.6) is 0 Å². The topological polar surface area (TPSA) is 73.4 Å². The molecule has 1 aliphatic rings. The molecule has 4 rings (SSSR count). The zero-order chi connectivity index (χ0) is 19.0. The van der Waals surface area contributed by atoms with Crippen molar-refractivity contribution in [2.24, 2.45) is 12.8 Å². The molecular weight excluding hydrogens is 347 g/mol. The molecule has 7 heteroatoms. The second-order valence-corrected chi connectivity index (χ2v) is 6.84. The van der Waals surface area contributed by atoms with E-state index in [4.69, 9.17) is 10.5 Å². The summed E-state index contributed by atoms with van der Waals surface area (Å²) < 4.78 is 20.6. The molecule has 1 fully saturated rings. The molecule has 1 atom stereocenters. The zero-order valence-corrected chi connectivity index (χ0v) is 15.1. The van der Waals surface area contributed by atoms with Crippen molar-refractivity contribution in [3.05, 3.63) is 48.3 Å². The van der Waals surface area contributed by atoms with Gasteiger partial charge in [-0.3, -0.25) is 4.68 Å². The number of ether oxygens (including phenoxy) is 1. The number of benzene rings is 2. The van der Waals surface area contributed by atoms with Gasteiger partial charge in [-0.25, -0.2) is 9.18 Å². The number of primary amides is 1. The summed E-state index contributed by atoms with van der Waals surface area (Å²) in [6.45, 7) is 1.45. The van der Waals surface area contributed by atoms with Gasteiger partial charge in [0.15, 0.2) is 0 Å². The number of piperidine rings is 1. The van der Waals surface area contributed by atoms with Crippen LogP contribution in [0.15, 0.2) is 42.5 Å². The van der Waals surface area contributed by atoms with Crippen molar-refractivity contribution in [1.29, 1.82) is 0 Å². The molecule has 1 unspecified atom stereocenters. The molecule has 6 nitrogen and oxygen atoms in total. The van der Waals surface area contributed by atoms with E-state index in [1.165, 1.54) is 12.1 Å². The number of hydrogen-bond donors (Lipinski definition) is 1. The molecule has 2 heterocycles. The maximum absolute atomic E-state index is 13.5. The largest absolute Gasteiger partial charge is 0.445 e. The van der Waals surface area contributed by atoms with Gasteiger partial charge in [-0.15, -0.1) is 0 Å². The highest BCUT2D eigenvalue weighted by molar-refractivity contribution is 5.93. The number of halogens is 1. The summed E-state index contributed by atoms with van der Waals surface area (Å²) in [5.74, 6) is 0.719. The van der Waals surface area contributed by atoms with Crippen molar-refractivity contribution in [1.82, 2.24) is 9.78 Å². The zero-order valence-electron chi connectivity index (χ0n) is 15.1. The summed E-state index contributed by atoms with van der Waals surface area (Å²) in [6, 6.07) is 12.5. The lowest BCUT2D eigenvalue weighted by atomic mass is 10.0. The number of nitrogens with two attached hydrogens (primary N) is 1. The van der Waals surface area contributed by atoms with Crippen molar-refractivity contribution in [2.45, 2.75) is 18.9 Å². The number of carbonyl (C=O) groups is 1. The Hall–Kier alpha value is -3.09. The first-order valence-electron chi connectivity index (χ1n) is 8.95. The highest BCUT2D eigenvalue weighted by Gasteiger charge is 2.26. The summed E-state index contributed by atoms with van der Waals surface area (Å²) >= 11 is 0. The average molecular weight is 368 g/mol. The first-order chi connectivity index (χ1) is 13.0. The molecule has 1 saturated heterocycles. The summed E-state index contributed by atoms with van der Waals surface area (Å²) in [5.41, 5.74) is 7.74. The Morgan fingerprint density at radius 3 is 2.85 bits per heavy atom. The molecule has 1 amide bonds. The van der Waals surface area contributed by atoms with Crippen LogP contribution in [-0.4, -0.2) is 35.1 Å². The monoisotopic (exact) mass is 368 g/mol. The number of amides is 1. The third-order valence-electron chi connectivity index (χ3n) is 4.92. The van der Waals surface area contributed by atoms with E-state index >= 15 is 0 Å². The van der Waals surface area contributed by atoms with Gasteiger partial charge in [-0.2, -0.15) is 5.10 Å². The first kappa shape index (κ1) is 17.3. The predicted molar refractivity (Wildman–Crippen MR) is 102 cm³/mol. The van der Waals surface area contributed by atoms with E-state index < -0.39 is 6.09 Å². The molecule has 1 aliphatic heterocycles. The molecule has 0 radical (unpaired) electrons. The number of rotatable bonds is 3. The number of fused-ring (bicyclic) bond motifs is 1. The average Bonchev–Trinajstić information content (AvgIpc) is 2.96. The quantitative estimate of drug-likeness (QED) is 0.769. The molecule has 140 valence electrons. The Kier molecular flexibility index (Phi) is 4.43. The van der Waals surface area contributed by atoms with Gasteiger partial charge in [0.25, 0.3) is 0 Å². The van der Waals surface area contributed by atoms with Crippen LogP contribution in [0.2, 0.25) is 0 Å². The van der Waals surface area contributed by atoms with E-state index in [9.17, 15) is 9.18 Å². The van der Waals surface area contributed by atoms with Crippen LogP contribution in [0, 0.1) is 5.82 Å². The van der Waals surface area contributed by atoms with E-state index in [-0.39, 0.29) is 11.9 Å². The Bertz CT molecular complexity index is 1000. The Balaban J connectivity index is 1.68. The first-order valence-corrected chi connectivity index (χ1v) is 8.95. The second kappa shape index (κ2) is 6.90. The third kappa shape index (κ3) is 3.45. The number of anilines is 1. The predicted octanol–water partition coefficient (Wildman–Crippen LogP) is 3.44. The van der Waals surface area contributed by atoms with E-state index in [0.29, 0.717) is 6.54 Å². The molecule has 0 bridgehead atoms. The lowest BCUT2D eigenvalue weighted by molar-refractivity contribution is 0.0963. The fourth-order valence-corrected chi connectivity index (χ4v) is 3.80. The molecule has 0 saturated carbocycles. The highest BCUT2D eigenvalue weighted by atomic mass is 19.1. The summed E-state index contributed by atoms with van der Waals surface area (Å²) in [7, 11) is 1.90. The van der Waals surface area contributed by atoms with Gasteiger partial charge in [0.05, 0.1) is 12.1 Å². The molecule has 0 aliphatic carbocycles. The maximum atomic E-state index is 13.5. The summed E-state index contributed by atoms with van der Waals surface area (Å²) in [4.78, 5) is 13.2. The van der Waals surface area contributed by atoms with Gasteiger partial charge in [-0.1, -0.05) is 18.2 Å². The number of nitrogens with zero attached hydrogens (tertiary/aromatic N) is 3.